The molecule has 0 fully saturated rings. The van der Waals surface area contributed by atoms with Crippen LogP contribution in [0.5, 0.6) is 0 Å². The first-order chi connectivity index (χ1) is 9.15. The molecule has 0 saturated carbocycles. The van der Waals surface area contributed by atoms with Crippen LogP contribution in [0.15, 0.2) is 26.0 Å². The van der Waals surface area contributed by atoms with Crippen molar-refractivity contribution < 1.29 is 8.42 Å². The number of nitrogen functional groups attached to an aromatic ring is 1. The Bertz CT molecular complexity index is 553. The maximum Gasteiger partial charge on any atom is 0.243 e. The van der Waals surface area contributed by atoms with Gasteiger partial charge in [0.05, 0.1) is 5.69 Å². The molecule has 5 nitrogen and oxygen atoms in total. The predicted molar refractivity (Wildman–Crippen MR) is 89.2 cm³/mol. The van der Waals surface area contributed by atoms with Gasteiger partial charge in [-0.25, -0.2) is 13.1 Å². The lowest BCUT2D eigenvalue weighted by molar-refractivity contribution is 0.278. The predicted octanol–water partition coefficient (Wildman–Crippen LogP) is 2.41. The molecule has 0 unspecified atom stereocenters. The van der Waals surface area contributed by atoms with Crippen molar-refractivity contribution in [2.75, 3.05) is 25.9 Å². The number of benzene rings is 1. The van der Waals surface area contributed by atoms with E-state index < -0.39 is 10.0 Å². The Labute approximate surface area is 137 Å². The van der Waals surface area contributed by atoms with Crippen molar-refractivity contribution in [2.24, 2.45) is 0 Å². The second-order valence-corrected chi connectivity index (χ2v) is 8.25. The number of likely N-dealkylation sites (N-methyl/N-ethyl adjacent to an activating group) is 1. The van der Waals surface area contributed by atoms with Crippen LogP contribution in [-0.2, 0) is 10.0 Å². The van der Waals surface area contributed by atoms with Crippen molar-refractivity contribution in [3.63, 3.8) is 0 Å². The van der Waals surface area contributed by atoms with Gasteiger partial charge in [0.1, 0.15) is 4.90 Å². The summed E-state index contributed by atoms with van der Waals surface area (Å²) in [7, 11) is -1.68. The monoisotopic (exact) mass is 427 g/mol. The van der Waals surface area contributed by atoms with Crippen molar-refractivity contribution in [3.8, 4) is 0 Å². The molecule has 0 heterocycles. The zero-order valence-electron chi connectivity index (χ0n) is 11.7. The van der Waals surface area contributed by atoms with E-state index in [0.29, 0.717) is 23.6 Å². The number of nitrogens with two attached hydrogens (primary N) is 1. The molecule has 0 aliphatic heterocycles. The molecule has 8 heteroatoms. The van der Waals surface area contributed by atoms with Gasteiger partial charge in [-0.3, -0.25) is 0 Å². The molecular formula is C12H19Br2N3O2S. The van der Waals surface area contributed by atoms with Crippen LogP contribution in [0.2, 0.25) is 0 Å². The SMILES string of the molecule is CC(C)N(C)CCNS(=O)(=O)c1c(N)cc(Br)cc1Br. The zero-order chi connectivity index (χ0) is 15.5. The van der Waals surface area contributed by atoms with Gasteiger partial charge < -0.3 is 10.6 Å². The van der Waals surface area contributed by atoms with Gasteiger partial charge >= 0.3 is 0 Å². The van der Waals surface area contributed by atoms with Crippen LogP contribution >= 0.6 is 31.9 Å². The van der Waals surface area contributed by atoms with E-state index >= 15 is 0 Å². The second-order valence-electron chi connectivity index (χ2n) is 4.78. The van der Waals surface area contributed by atoms with Gasteiger partial charge in [0.15, 0.2) is 0 Å². The summed E-state index contributed by atoms with van der Waals surface area (Å²) < 4.78 is 28.3. The fraction of sp³-hybridized carbons (Fsp3) is 0.500. The van der Waals surface area contributed by atoms with E-state index in [1.165, 1.54) is 0 Å². The molecule has 0 spiro atoms. The number of sulfonamides is 1. The number of hydrogen-bond donors (Lipinski definition) is 2. The van der Waals surface area contributed by atoms with Crippen LogP contribution in [0.25, 0.3) is 0 Å². The molecule has 0 atom stereocenters. The third kappa shape index (κ3) is 4.70. The summed E-state index contributed by atoms with van der Waals surface area (Å²) in [6.07, 6.45) is 0. The van der Waals surface area contributed by atoms with Crippen LogP contribution in [-0.4, -0.2) is 39.5 Å². The first-order valence-electron chi connectivity index (χ1n) is 6.09. The third-order valence-electron chi connectivity index (χ3n) is 2.94. The van der Waals surface area contributed by atoms with Gasteiger partial charge in [-0.15, -0.1) is 0 Å². The molecule has 0 aliphatic carbocycles. The minimum atomic E-state index is -3.63. The molecular weight excluding hydrogens is 410 g/mol. The van der Waals surface area contributed by atoms with Crippen LogP contribution in [0.4, 0.5) is 5.69 Å². The number of anilines is 1. The average molecular weight is 429 g/mol. The lowest BCUT2D eigenvalue weighted by Gasteiger charge is -2.21. The summed E-state index contributed by atoms with van der Waals surface area (Å²) in [6.45, 7) is 5.07. The Kier molecular flexibility index (Phi) is 6.46. The maximum atomic E-state index is 12.3. The van der Waals surface area contributed by atoms with E-state index in [4.69, 9.17) is 5.73 Å². The van der Waals surface area contributed by atoms with E-state index in [1.54, 1.807) is 12.1 Å². The highest BCUT2D eigenvalue weighted by Gasteiger charge is 2.21. The number of hydrogen-bond acceptors (Lipinski definition) is 4. The highest BCUT2D eigenvalue weighted by atomic mass is 79.9. The molecule has 0 aliphatic rings. The highest BCUT2D eigenvalue weighted by molar-refractivity contribution is 9.11. The van der Waals surface area contributed by atoms with Crippen molar-refractivity contribution in [1.29, 1.82) is 0 Å². The minimum Gasteiger partial charge on any atom is -0.398 e. The summed E-state index contributed by atoms with van der Waals surface area (Å²) in [5.74, 6) is 0. The molecule has 0 aromatic heterocycles. The van der Waals surface area contributed by atoms with E-state index in [0.717, 1.165) is 4.47 Å². The number of nitrogens with zero attached hydrogens (tertiary/aromatic N) is 1. The lowest BCUT2D eigenvalue weighted by Crippen LogP contribution is -2.36. The van der Waals surface area contributed by atoms with Crippen molar-refractivity contribution in [3.05, 3.63) is 21.1 Å². The van der Waals surface area contributed by atoms with Crippen LogP contribution < -0.4 is 10.5 Å². The van der Waals surface area contributed by atoms with Crippen LogP contribution in [0.1, 0.15) is 13.8 Å². The molecule has 0 bridgehead atoms. The Morgan fingerprint density at radius 3 is 2.45 bits per heavy atom. The Balaban J connectivity index is 2.85. The van der Waals surface area contributed by atoms with E-state index in [2.05, 4.69) is 55.3 Å². The molecule has 0 amide bonds. The van der Waals surface area contributed by atoms with Gasteiger partial charge in [0, 0.05) is 28.1 Å². The van der Waals surface area contributed by atoms with E-state index in [9.17, 15) is 8.42 Å². The third-order valence-corrected chi connectivity index (χ3v) is 5.87. The Morgan fingerprint density at radius 1 is 1.35 bits per heavy atom. The fourth-order valence-corrected chi connectivity index (χ4v) is 4.64. The van der Waals surface area contributed by atoms with E-state index in [-0.39, 0.29) is 10.6 Å². The standard InChI is InChI=1S/C12H19Br2N3O2S/c1-8(2)17(3)5-4-16-20(18,19)12-10(14)6-9(13)7-11(12)15/h6-8,16H,4-5,15H2,1-3H3. The van der Waals surface area contributed by atoms with Crippen LogP contribution in [0.3, 0.4) is 0 Å². The fourth-order valence-electron chi connectivity index (χ4n) is 1.55. The quantitative estimate of drug-likeness (QED) is 0.682. The topological polar surface area (TPSA) is 75.4 Å². The molecule has 20 heavy (non-hydrogen) atoms. The second kappa shape index (κ2) is 7.22. The van der Waals surface area contributed by atoms with Gasteiger partial charge in [-0.2, -0.15) is 0 Å². The largest absolute Gasteiger partial charge is 0.398 e. The number of nitrogens with one attached hydrogen (secondary N) is 1. The molecule has 1 aromatic rings. The first-order valence-corrected chi connectivity index (χ1v) is 9.16. The normalized spacial score (nSPS) is 12.3. The van der Waals surface area contributed by atoms with Crippen molar-refractivity contribution in [2.45, 2.75) is 24.8 Å². The highest BCUT2D eigenvalue weighted by Crippen LogP contribution is 2.31. The molecule has 114 valence electrons. The molecule has 0 radical (unpaired) electrons. The zero-order valence-corrected chi connectivity index (χ0v) is 15.6. The van der Waals surface area contributed by atoms with Gasteiger partial charge in [-0.05, 0) is 49.0 Å². The van der Waals surface area contributed by atoms with Crippen molar-refractivity contribution in [1.82, 2.24) is 9.62 Å². The van der Waals surface area contributed by atoms with Gasteiger partial charge in [0.25, 0.3) is 0 Å². The molecule has 3 N–H and O–H groups in total. The maximum absolute atomic E-state index is 12.3. The average Bonchev–Trinajstić information content (AvgIpc) is 2.26. The summed E-state index contributed by atoms with van der Waals surface area (Å²) in [5, 5.41) is 0. The molecule has 1 rings (SSSR count). The Hall–Kier alpha value is -0.150. The van der Waals surface area contributed by atoms with E-state index in [1.807, 2.05) is 7.05 Å². The summed E-state index contributed by atoms with van der Waals surface area (Å²) >= 11 is 6.51. The van der Waals surface area contributed by atoms with Gasteiger partial charge in [0.2, 0.25) is 10.0 Å². The minimum absolute atomic E-state index is 0.0768. The van der Waals surface area contributed by atoms with Crippen molar-refractivity contribution >= 4 is 47.6 Å². The summed E-state index contributed by atoms with van der Waals surface area (Å²) in [5.41, 5.74) is 6.00. The number of halogens is 2. The molecule has 0 saturated heterocycles. The summed E-state index contributed by atoms with van der Waals surface area (Å²) in [4.78, 5) is 2.13. The lowest BCUT2D eigenvalue weighted by atomic mass is 10.3. The smallest absolute Gasteiger partial charge is 0.243 e. The Morgan fingerprint density at radius 2 is 1.95 bits per heavy atom. The summed E-state index contributed by atoms with van der Waals surface area (Å²) in [6, 6.07) is 3.59. The van der Waals surface area contributed by atoms with Gasteiger partial charge in [-0.1, -0.05) is 15.9 Å². The first kappa shape index (κ1) is 17.9. The number of rotatable bonds is 6. The van der Waals surface area contributed by atoms with Crippen LogP contribution in [0, 0.1) is 0 Å². The molecule has 1 aromatic carbocycles.